The second-order valence-electron chi connectivity index (χ2n) is 7.53. The van der Waals surface area contributed by atoms with Gasteiger partial charge in [-0.25, -0.2) is 8.42 Å². The number of carbonyl (C=O) groups excluding carboxylic acids is 3. The van der Waals surface area contributed by atoms with Crippen molar-refractivity contribution >= 4 is 50.1 Å². The normalized spacial score (nSPS) is 18.5. The lowest BCUT2D eigenvalue weighted by Gasteiger charge is -2.29. The highest BCUT2D eigenvalue weighted by Gasteiger charge is 2.40. The first-order chi connectivity index (χ1) is 15.8. The molecule has 2 heterocycles. The Labute approximate surface area is 206 Å². The van der Waals surface area contributed by atoms with Gasteiger partial charge in [0.2, 0.25) is 11.8 Å². The van der Waals surface area contributed by atoms with Gasteiger partial charge in [-0.2, -0.15) is 0 Å². The van der Waals surface area contributed by atoms with Gasteiger partial charge in [0.25, 0.3) is 5.91 Å². The molecular formula is C21H27IN2O8S. The quantitative estimate of drug-likeness (QED) is 0.153. The maximum atomic E-state index is 12.9. The average molecular weight is 594 g/mol. The predicted molar refractivity (Wildman–Crippen MR) is 126 cm³/mol. The van der Waals surface area contributed by atoms with Crippen molar-refractivity contribution < 1.29 is 37.0 Å². The zero-order valence-electron chi connectivity index (χ0n) is 18.1. The summed E-state index contributed by atoms with van der Waals surface area (Å²) in [6, 6.07) is 3.74. The van der Waals surface area contributed by atoms with Crippen LogP contribution in [0.5, 0.6) is 0 Å². The number of amides is 3. The molecule has 0 spiro atoms. The van der Waals surface area contributed by atoms with E-state index in [9.17, 15) is 22.8 Å². The second-order valence-corrected chi connectivity index (χ2v) is 10.7. The van der Waals surface area contributed by atoms with Crippen LogP contribution in [0, 0.1) is 0 Å². The standard InChI is InChI=1S/C21H27IN2O8S/c22-6-7-30-8-9-31-10-11-32-12-13-33(28,29)18-3-1-2-15-16(18)14-24(21(15)27)17-4-5-19(25)23-20(17)26/h1-3,17H,4-14H2,(H,23,25,26). The van der Waals surface area contributed by atoms with Gasteiger partial charge in [0, 0.05) is 28.5 Å². The summed E-state index contributed by atoms with van der Waals surface area (Å²) in [5.41, 5.74) is 0.641. The summed E-state index contributed by atoms with van der Waals surface area (Å²) < 4.78 is 42.8. The van der Waals surface area contributed by atoms with Gasteiger partial charge >= 0.3 is 0 Å². The van der Waals surface area contributed by atoms with Crippen molar-refractivity contribution in [1.29, 1.82) is 0 Å². The van der Waals surface area contributed by atoms with Crippen LogP contribution in [0.4, 0.5) is 0 Å². The van der Waals surface area contributed by atoms with Crippen LogP contribution in [0.3, 0.4) is 0 Å². The van der Waals surface area contributed by atoms with E-state index in [0.717, 1.165) is 4.43 Å². The van der Waals surface area contributed by atoms with E-state index in [0.29, 0.717) is 32.0 Å². The van der Waals surface area contributed by atoms with Crippen LogP contribution < -0.4 is 5.32 Å². The molecule has 0 aromatic heterocycles. The first-order valence-electron chi connectivity index (χ1n) is 10.6. The zero-order valence-corrected chi connectivity index (χ0v) is 21.1. The third-order valence-corrected chi connectivity index (χ3v) is 7.53. The minimum atomic E-state index is -3.71. The maximum Gasteiger partial charge on any atom is 0.255 e. The van der Waals surface area contributed by atoms with Crippen molar-refractivity contribution in [2.75, 3.05) is 49.8 Å². The Kier molecular flexibility index (Phi) is 9.61. The number of piperidine rings is 1. The Morgan fingerprint density at radius 3 is 2.33 bits per heavy atom. The molecule has 1 saturated heterocycles. The fourth-order valence-corrected chi connectivity index (χ4v) is 5.43. The molecule has 12 heteroatoms. The lowest BCUT2D eigenvalue weighted by Crippen LogP contribution is -2.52. The number of hydrogen-bond acceptors (Lipinski definition) is 8. The van der Waals surface area contributed by atoms with E-state index in [1.165, 1.54) is 17.0 Å². The Balaban J connectivity index is 1.53. The highest BCUT2D eigenvalue weighted by Crippen LogP contribution is 2.32. The third-order valence-electron chi connectivity index (χ3n) is 5.34. The van der Waals surface area contributed by atoms with Crippen LogP contribution in [-0.4, -0.2) is 86.9 Å². The number of hydrogen-bond donors (Lipinski definition) is 1. The number of ether oxygens (including phenoxy) is 3. The van der Waals surface area contributed by atoms with Crippen LogP contribution in [0.2, 0.25) is 0 Å². The number of halogens is 1. The van der Waals surface area contributed by atoms with Crippen molar-refractivity contribution in [3.05, 3.63) is 29.3 Å². The van der Waals surface area contributed by atoms with Crippen molar-refractivity contribution in [2.45, 2.75) is 30.3 Å². The first kappa shape index (κ1) is 26.0. The van der Waals surface area contributed by atoms with Crippen LogP contribution >= 0.6 is 22.6 Å². The molecule has 3 rings (SSSR count). The highest BCUT2D eigenvalue weighted by atomic mass is 127. The zero-order chi connectivity index (χ0) is 23.8. The molecule has 0 aliphatic carbocycles. The maximum absolute atomic E-state index is 12.9. The van der Waals surface area contributed by atoms with Crippen molar-refractivity contribution in [3.8, 4) is 0 Å². The number of benzene rings is 1. The van der Waals surface area contributed by atoms with Gasteiger partial charge in [-0.1, -0.05) is 28.7 Å². The van der Waals surface area contributed by atoms with Gasteiger partial charge in [0.05, 0.1) is 50.3 Å². The molecule has 1 N–H and O–H groups in total. The van der Waals surface area contributed by atoms with Crippen LogP contribution in [-0.2, 0) is 40.2 Å². The monoisotopic (exact) mass is 594 g/mol. The highest BCUT2D eigenvalue weighted by molar-refractivity contribution is 14.1. The van der Waals surface area contributed by atoms with E-state index in [2.05, 4.69) is 27.9 Å². The molecule has 33 heavy (non-hydrogen) atoms. The molecule has 2 aliphatic heterocycles. The van der Waals surface area contributed by atoms with Gasteiger partial charge in [-0.3, -0.25) is 19.7 Å². The molecule has 2 aliphatic rings. The number of nitrogens with one attached hydrogen (secondary N) is 1. The average Bonchev–Trinajstić information content (AvgIpc) is 3.11. The summed E-state index contributed by atoms with van der Waals surface area (Å²) in [4.78, 5) is 37.9. The smallest absolute Gasteiger partial charge is 0.255 e. The second kappa shape index (κ2) is 12.2. The number of rotatable bonds is 13. The first-order valence-corrected chi connectivity index (χ1v) is 13.8. The Morgan fingerprint density at radius 2 is 1.67 bits per heavy atom. The number of carbonyl (C=O) groups is 3. The molecule has 10 nitrogen and oxygen atoms in total. The van der Waals surface area contributed by atoms with Gasteiger partial charge in [0.15, 0.2) is 9.84 Å². The Morgan fingerprint density at radius 1 is 1.00 bits per heavy atom. The van der Waals surface area contributed by atoms with E-state index in [1.807, 2.05) is 0 Å². The van der Waals surface area contributed by atoms with Crippen molar-refractivity contribution in [1.82, 2.24) is 10.2 Å². The minimum Gasteiger partial charge on any atom is -0.378 e. The summed E-state index contributed by atoms with van der Waals surface area (Å²) in [6.07, 6.45) is 0.348. The van der Waals surface area contributed by atoms with E-state index in [1.54, 1.807) is 6.07 Å². The molecule has 1 fully saturated rings. The summed E-state index contributed by atoms with van der Waals surface area (Å²) in [7, 11) is -3.71. The predicted octanol–water partition coefficient (Wildman–Crippen LogP) is 0.706. The molecule has 1 unspecified atom stereocenters. The molecule has 0 saturated carbocycles. The molecular weight excluding hydrogens is 567 g/mol. The molecule has 3 amide bonds. The minimum absolute atomic E-state index is 0.00414. The number of fused-ring (bicyclic) bond motifs is 1. The Hall–Kier alpha value is -1.61. The Bertz CT molecular complexity index is 984. The summed E-state index contributed by atoms with van der Waals surface area (Å²) in [6.45, 7) is 2.23. The topological polar surface area (TPSA) is 128 Å². The van der Waals surface area contributed by atoms with Crippen LogP contribution in [0.15, 0.2) is 23.1 Å². The van der Waals surface area contributed by atoms with Crippen LogP contribution in [0.25, 0.3) is 0 Å². The number of imide groups is 1. The molecule has 182 valence electrons. The van der Waals surface area contributed by atoms with Gasteiger partial charge in [0.1, 0.15) is 6.04 Å². The number of nitrogens with zero attached hydrogens (tertiary/aromatic N) is 1. The van der Waals surface area contributed by atoms with Gasteiger partial charge < -0.3 is 19.1 Å². The van der Waals surface area contributed by atoms with E-state index in [-0.39, 0.29) is 54.7 Å². The lowest BCUT2D eigenvalue weighted by atomic mass is 10.0. The van der Waals surface area contributed by atoms with Crippen molar-refractivity contribution in [3.63, 3.8) is 0 Å². The molecule has 0 radical (unpaired) electrons. The summed E-state index contributed by atoms with van der Waals surface area (Å²) in [5.74, 6) is -1.57. The van der Waals surface area contributed by atoms with Gasteiger partial charge in [-0.15, -0.1) is 0 Å². The fourth-order valence-electron chi connectivity index (χ4n) is 3.72. The molecule has 1 aromatic rings. The van der Waals surface area contributed by atoms with Crippen LogP contribution in [0.1, 0.15) is 28.8 Å². The van der Waals surface area contributed by atoms with E-state index in [4.69, 9.17) is 14.2 Å². The third kappa shape index (κ3) is 6.72. The molecule has 1 atom stereocenters. The van der Waals surface area contributed by atoms with E-state index < -0.39 is 27.7 Å². The van der Waals surface area contributed by atoms with E-state index >= 15 is 0 Å². The largest absolute Gasteiger partial charge is 0.378 e. The summed E-state index contributed by atoms with van der Waals surface area (Å²) >= 11 is 2.22. The SMILES string of the molecule is O=C1CCC(N2Cc3c(cccc3S(=O)(=O)CCOCCOCCOCCI)C2=O)C(=O)N1. The lowest BCUT2D eigenvalue weighted by molar-refractivity contribution is -0.136. The fraction of sp³-hybridized carbons (Fsp3) is 0.571. The van der Waals surface area contributed by atoms with Crippen molar-refractivity contribution in [2.24, 2.45) is 0 Å². The number of sulfone groups is 1. The van der Waals surface area contributed by atoms with Gasteiger partial charge in [-0.05, 0) is 18.6 Å². The molecule has 1 aromatic carbocycles. The summed E-state index contributed by atoms with van der Waals surface area (Å²) in [5, 5.41) is 2.24. The molecule has 0 bridgehead atoms. The number of alkyl halides is 1.